The van der Waals surface area contributed by atoms with Crippen molar-refractivity contribution in [3.05, 3.63) is 74.8 Å². The number of aryl methyl sites for hydroxylation is 1. The summed E-state index contributed by atoms with van der Waals surface area (Å²) in [7, 11) is 0. The molecule has 0 radical (unpaired) electrons. The lowest BCUT2D eigenvalue weighted by Gasteiger charge is -2.43. The van der Waals surface area contributed by atoms with Crippen LogP contribution >= 0.6 is 0 Å². The highest BCUT2D eigenvalue weighted by Gasteiger charge is 2.47. The Kier molecular flexibility index (Phi) is 4.70. The Morgan fingerprint density at radius 3 is 2.63 bits per heavy atom. The lowest BCUT2D eigenvalue weighted by molar-refractivity contribution is -0.385. The molecule has 0 saturated carbocycles. The van der Waals surface area contributed by atoms with Crippen molar-refractivity contribution in [3.8, 4) is 12.1 Å². The van der Waals surface area contributed by atoms with E-state index in [4.69, 9.17) is 0 Å². The van der Waals surface area contributed by atoms with Gasteiger partial charge in [-0.05, 0) is 30.0 Å². The van der Waals surface area contributed by atoms with Gasteiger partial charge in [0.15, 0.2) is 0 Å². The number of nitro benzene ring substituents is 1. The maximum Gasteiger partial charge on any atom is 0.269 e. The van der Waals surface area contributed by atoms with Crippen LogP contribution in [0.3, 0.4) is 0 Å². The van der Waals surface area contributed by atoms with Gasteiger partial charge in [-0.2, -0.15) is 10.5 Å². The third-order valence-corrected chi connectivity index (χ3v) is 5.51. The molecular weight excluding hydrogens is 342 g/mol. The van der Waals surface area contributed by atoms with Crippen LogP contribution in [0, 0.1) is 45.6 Å². The predicted octanol–water partition coefficient (Wildman–Crippen LogP) is 4.05. The summed E-state index contributed by atoms with van der Waals surface area (Å²) in [4.78, 5) is 10.6. The molecule has 1 aliphatic rings. The average molecular weight is 361 g/mol. The summed E-state index contributed by atoms with van der Waals surface area (Å²) in [5, 5.41) is 41.5. The van der Waals surface area contributed by atoms with Gasteiger partial charge in [0.1, 0.15) is 0 Å². The van der Waals surface area contributed by atoms with Gasteiger partial charge in [-0.25, -0.2) is 0 Å². The van der Waals surface area contributed by atoms with Crippen LogP contribution in [0.25, 0.3) is 0 Å². The zero-order valence-corrected chi connectivity index (χ0v) is 15.1. The van der Waals surface area contributed by atoms with E-state index in [9.17, 15) is 25.7 Å². The topological polar surface area (TPSA) is 111 Å². The Hall–Kier alpha value is -3.22. The van der Waals surface area contributed by atoms with E-state index < -0.39 is 28.3 Å². The molecule has 1 N–H and O–H groups in total. The third-order valence-electron chi connectivity index (χ3n) is 5.51. The molecule has 0 bridgehead atoms. The maximum absolute atomic E-state index is 11.2. The summed E-state index contributed by atoms with van der Waals surface area (Å²) in [6.07, 6.45) is -0.754. The van der Waals surface area contributed by atoms with Crippen molar-refractivity contribution in [1.29, 1.82) is 10.5 Å². The second-order valence-corrected chi connectivity index (χ2v) is 7.31. The van der Waals surface area contributed by atoms with Crippen molar-refractivity contribution >= 4 is 5.69 Å². The number of nitriles is 2. The van der Waals surface area contributed by atoms with Crippen LogP contribution in [-0.4, -0.2) is 10.0 Å². The van der Waals surface area contributed by atoms with Crippen LogP contribution in [0.5, 0.6) is 0 Å². The highest BCUT2D eigenvalue weighted by molar-refractivity contribution is 5.48. The molecule has 3 rings (SSSR count). The van der Waals surface area contributed by atoms with Crippen molar-refractivity contribution < 1.29 is 10.0 Å². The van der Waals surface area contributed by atoms with Crippen molar-refractivity contribution in [2.75, 3.05) is 0 Å². The molecule has 136 valence electrons. The molecule has 0 aromatic heterocycles. The number of non-ortho nitro benzene ring substituents is 1. The number of aliphatic hydroxyl groups is 1. The van der Waals surface area contributed by atoms with Crippen molar-refractivity contribution in [3.63, 3.8) is 0 Å². The molecule has 2 aromatic rings. The SMILES string of the molecule is Cc1ccc2c(c1)[C@H](C#N)[C@@H](C#N)C[C@@]2(C)[C@@H](O)c1cccc([N+](=O)[O-])c1. The Morgan fingerprint density at radius 1 is 1.26 bits per heavy atom. The highest BCUT2D eigenvalue weighted by Crippen LogP contribution is 2.51. The smallest absolute Gasteiger partial charge is 0.269 e. The monoisotopic (exact) mass is 361 g/mol. The predicted molar refractivity (Wildman–Crippen MR) is 98.7 cm³/mol. The van der Waals surface area contributed by atoms with Crippen LogP contribution in [0.1, 0.15) is 47.6 Å². The lowest BCUT2D eigenvalue weighted by Crippen LogP contribution is -2.39. The van der Waals surface area contributed by atoms with Gasteiger partial charge in [0.2, 0.25) is 0 Å². The number of rotatable bonds is 3. The largest absolute Gasteiger partial charge is 0.387 e. The highest BCUT2D eigenvalue weighted by atomic mass is 16.6. The third kappa shape index (κ3) is 3.05. The molecule has 2 aromatic carbocycles. The number of nitrogens with zero attached hydrogens (tertiary/aromatic N) is 3. The number of hydrogen-bond donors (Lipinski definition) is 1. The number of fused-ring (bicyclic) bond motifs is 1. The molecule has 0 heterocycles. The zero-order valence-electron chi connectivity index (χ0n) is 15.1. The molecular formula is C21H19N3O3. The molecule has 0 aliphatic heterocycles. The number of hydrogen-bond acceptors (Lipinski definition) is 5. The Morgan fingerprint density at radius 2 is 2.00 bits per heavy atom. The van der Waals surface area contributed by atoms with E-state index in [0.29, 0.717) is 12.0 Å². The number of nitro groups is 1. The first-order chi connectivity index (χ1) is 12.8. The minimum Gasteiger partial charge on any atom is -0.387 e. The molecule has 1 aliphatic carbocycles. The first-order valence-electron chi connectivity index (χ1n) is 8.64. The number of benzene rings is 2. The van der Waals surface area contributed by atoms with Crippen LogP contribution in [0.2, 0.25) is 0 Å². The fourth-order valence-electron chi connectivity index (χ4n) is 4.08. The molecule has 0 unspecified atom stereocenters. The Bertz CT molecular complexity index is 989. The fraction of sp³-hybridized carbons (Fsp3) is 0.333. The van der Waals surface area contributed by atoms with Gasteiger partial charge >= 0.3 is 0 Å². The fourth-order valence-corrected chi connectivity index (χ4v) is 4.08. The van der Waals surface area contributed by atoms with E-state index in [0.717, 1.165) is 16.7 Å². The summed E-state index contributed by atoms with van der Waals surface area (Å²) in [5.41, 5.74) is 2.02. The summed E-state index contributed by atoms with van der Waals surface area (Å²) in [6, 6.07) is 16.1. The van der Waals surface area contributed by atoms with Gasteiger partial charge in [0.05, 0.1) is 35.0 Å². The van der Waals surface area contributed by atoms with Gasteiger partial charge < -0.3 is 5.11 Å². The van der Waals surface area contributed by atoms with Gasteiger partial charge in [-0.1, -0.05) is 42.8 Å². The average Bonchev–Trinajstić information content (AvgIpc) is 2.67. The normalized spacial score (nSPS) is 24.9. The minimum absolute atomic E-state index is 0.0955. The molecule has 0 fully saturated rings. The van der Waals surface area contributed by atoms with Gasteiger partial charge in [0, 0.05) is 17.5 Å². The minimum atomic E-state index is -1.05. The van der Waals surface area contributed by atoms with E-state index >= 15 is 0 Å². The van der Waals surface area contributed by atoms with Crippen molar-refractivity contribution in [2.24, 2.45) is 5.92 Å². The summed E-state index contributed by atoms with van der Waals surface area (Å²) in [5.74, 6) is -1.13. The van der Waals surface area contributed by atoms with E-state index in [-0.39, 0.29) is 5.69 Å². The molecule has 0 spiro atoms. The maximum atomic E-state index is 11.2. The summed E-state index contributed by atoms with van der Waals surface area (Å²) in [6.45, 7) is 3.77. The van der Waals surface area contributed by atoms with Gasteiger partial charge in [-0.3, -0.25) is 10.1 Å². The summed E-state index contributed by atoms with van der Waals surface area (Å²) < 4.78 is 0. The van der Waals surface area contributed by atoms with E-state index in [1.165, 1.54) is 12.1 Å². The lowest BCUT2D eigenvalue weighted by atomic mass is 9.60. The van der Waals surface area contributed by atoms with Crippen molar-refractivity contribution in [1.82, 2.24) is 0 Å². The van der Waals surface area contributed by atoms with E-state index in [2.05, 4.69) is 12.1 Å². The molecule has 0 saturated heterocycles. The van der Waals surface area contributed by atoms with Gasteiger partial charge in [0.25, 0.3) is 5.69 Å². The molecule has 0 amide bonds. The zero-order chi connectivity index (χ0) is 19.8. The van der Waals surface area contributed by atoms with Crippen LogP contribution in [0.15, 0.2) is 42.5 Å². The standard InChI is InChI=1S/C21H19N3O3/c1-13-6-7-19-17(8-13)18(12-23)15(11-22)10-21(19,2)20(25)14-4-3-5-16(9-14)24(26)27/h3-9,15,18,20,25H,10H2,1-2H3/t15-,18-,20+,21-/m1/s1. The molecule has 6 heteroatoms. The molecule has 6 nitrogen and oxygen atoms in total. The quantitative estimate of drug-likeness (QED) is 0.655. The van der Waals surface area contributed by atoms with Crippen LogP contribution < -0.4 is 0 Å². The van der Waals surface area contributed by atoms with Gasteiger partial charge in [-0.15, -0.1) is 0 Å². The first kappa shape index (κ1) is 18.6. The molecule has 4 atom stereocenters. The van der Waals surface area contributed by atoms with Crippen molar-refractivity contribution in [2.45, 2.75) is 37.7 Å². The first-order valence-corrected chi connectivity index (χ1v) is 8.64. The number of aliphatic hydroxyl groups excluding tert-OH is 1. The van der Waals surface area contributed by atoms with E-state index in [1.54, 1.807) is 12.1 Å². The second kappa shape index (κ2) is 6.83. The van der Waals surface area contributed by atoms with Crippen LogP contribution in [-0.2, 0) is 5.41 Å². The van der Waals surface area contributed by atoms with Crippen LogP contribution in [0.4, 0.5) is 5.69 Å². The summed E-state index contributed by atoms with van der Waals surface area (Å²) >= 11 is 0. The van der Waals surface area contributed by atoms with E-state index in [1.807, 2.05) is 32.0 Å². The molecule has 27 heavy (non-hydrogen) atoms. The Balaban J connectivity index is 2.16. The Labute approximate surface area is 157 Å². The second-order valence-electron chi connectivity index (χ2n) is 7.31.